The van der Waals surface area contributed by atoms with Crippen molar-refractivity contribution in [1.29, 1.82) is 0 Å². The second kappa shape index (κ2) is 8.39. The topological polar surface area (TPSA) is 61.8 Å². The minimum absolute atomic E-state index is 0.129. The molecule has 3 rings (SSSR count). The molecule has 0 aromatic heterocycles. The zero-order valence-corrected chi connectivity index (χ0v) is 16.2. The molecule has 4 unspecified atom stereocenters. The van der Waals surface area contributed by atoms with E-state index in [4.69, 9.17) is 9.47 Å². The molecule has 156 valence electrons. The first-order valence-electron chi connectivity index (χ1n) is 9.45. The summed E-state index contributed by atoms with van der Waals surface area (Å²) in [6.45, 7) is 0.258. The second-order valence-electron chi connectivity index (χ2n) is 7.96. The summed E-state index contributed by atoms with van der Waals surface area (Å²) in [6.07, 6.45) is 3.78. The molecule has 5 nitrogen and oxygen atoms in total. The molecule has 1 aliphatic heterocycles. The van der Waals surface area contributed by atoms with Gasteiger partial charge in [0, 0.05) is 6.26 Å². The first-order chi connectivity index (χ1) is 12.6. The van der Waals surface area contributed by atoms with Crippen molar-refractivity contribution in [3.05, 3.63) is 12.2 Å². The fraction of sp³-hybridized carbons (Fsp3) is 0.889. The molecule has 4 atom stereocenters. The predicted octanol–water partition coefficient (Wildman–Crippen LogP) is 3.45. The van der Waals surface area contributed by atoms with Crippen LogP contribution in [0.3, 0.4) is 0 Å². The summed E-state index contributed by atoms with van der Waals surface area (Å²) in [5.41, 5.74) is 0. The first kappa shape index (κ1) is 21.1. The highest BCUT2D eigenvalue weighted by molar-refractivity contribution is 7.91. The van der Waals surface area contributed by atoms with Crippen LogP contribution in [0.4, 0.5) is 13.2 Å². The fourth-order valence-corrected chi connectivity index (χ4v) is 5.11. The smallest absolute Gasteiger partial charge is 0.348 e. The highest BCUT2D eigenvalue weighted by atomic mass is 32.2. The molecule has 0 N–H and O–H groups in total. The number of alkyl halides is 3. The summed E-state index contributed by atoms with van der Waals surface area (Å²) in [4.78, 5) is 0. The van der Waals surface area contributed by atoms with Gasteiger partial charge in [-0.1, -0.05) is 6.08 Å². The summed E-state index contributed by atoms with van der Waals surface area (Å²) in [5.74, 6) is 1.09. The van der Waals surface area contributed by atoms with Gasteiger partial charge in [0.15, 0.2) is 16.1 Å². The predicted molar refractivity (Wildman–Crippen MR) is 92.6 cm³/mol. The molecule has 0 radical (unpaired) electrons. The zero-order chi connectivity index (χ0) is 19.7. The molecule has 1 saturated heterocycles. The van der Waals surface area contributed by atoms with E-state index < -0.39 is 33.8 Å². The number of hydrogen-bond acceptors (Lipinski definition) is 5. The van der Waals surface area contributed by atoms with Crippen molar-refractivity contribution in [2.45, 2.75) is 62.5 Å². The normalized spacial score (nSPS) is 38.7. The van der Waals surface area contributed by atoms with Crippen LogP contribution in [0.1, 0.15) is 38.5 Å². The van der Waals surface area contributed by atoms with E-state index in [2.05, 4.69) is 10.8 Å². The van der Waals surface area contributed by atoms with Crippen LogP contribution < -0.4 is 0 Å². The summed E-state index contributed by atoms with van der Waals surface area (Å²) in [7, 11) is -3.17. The highest BCUT2D eigenvalue weighted by Gasteiger charge is 2.40. The molecule has 9 heteroatoms. The molecule has 3 fully saturated rings. The number of ether oxygens (including phenoxy) is 3. The Morgan fingerprint density at radius 2 is 1.59 bits per heavy atom. The standard InChI is InChI=1S/C18H27F3O5S/c1-27(22,23)16-10-24-17(25-11-16)7-3-12-2-4-14-9-15(26-18(19,20)21)6-5-13(14)8-12/h3,7,12-17H,2,4-6,8-11H2,1H3/b7-3+. The van der Waals surface area contributed by atoms with Crippen molar-refractivity contribution in [3.8, 4) is 0 Å². The molecule has 2 saturated carbocycles. The van der Waals surface area contributed by atoms with Crippen LogP contribution in [0.25, 0.3) is 0 Å². The van der Waals surface area contributed by atoms with Gasteiger partial charge in [-0.25, -0.2) is 8.42 Å². The van der Waals surface area contributed by atoms with Gasteiger partial charge in [-0.3, -0.25) is 4.74 Å². The Hall–Kier alpha value is -0.640. The minimum Gasteiger partial charge on any atom is -0.348 e. The lowest BCUT2D eigenvalue weighted by Gasteiger charge is -2.41. The maximum atomic E-state index is 12.4. The Morgan fingerprint density at radius 3 is 2.22 bits per heavy atom. The SMILES string of the molecule is CS(=O)(=O)C1COC(/C=C/C2CCC3CC(OC(F)(F)F)CCC3C2)OC1. The van der Waals surface area contributed by atoms with Crippen molar-refractivity contribution in [3.63, 3.8) is 0 Å². The average Bonchev–Trinajstić information content (AvgIpc) is 2.58. The number of hydrogen-bond donors (Lipinski definition) is 0. The molecule has 0 spiro atoms. The Kier molecular flexibility index (Phi) is 6.55. The van der Waals surface area contributed by atoms with Crippen molar-refractivity contribution in [1.82, 2.24) is 0 Å². The van der Waals surface area contributed by atoms with Crippen LogP contribution in [-0.4, -0.2) is 51.9 Å². The van der Waals surface area contributed by atoms with E-state index in [-0.39, 0.29) is 13.2 Å². The lowest BCUT2D eigenvalue weighted by atomic mass is 9.67. The van der Waals surface area contributed by atoms with Crippen molar-refractivity contribution >= 4 is 9.84 Å². The van der Waals surface area contributed by atoms with E-state index in [1.165, 1.54) is 6.26 Å². The van der Waals surface area contributed by atoms with Crippen LogP contribution in [-0.2, 0) is 24.0 Å². The van der Waals surface area contributed by atoms with Gasteiger partial charge in [0.05, 0.1) is 19.3 Å². The number of fused-ring (bicyclic) bond motifs is 1. The molecule has 0 aromatic carbocycles. The molecule has 2 aliphatic carbocycles. The van der Waals surface area contributed by atoms with E-state index in [9.17, 15) is 21.6 Å². The van der Waals surface area contributed by atoms with Crippen LogP contribution in [0.15, 0.2) is 12.2 Å². The Labute approximate surface area is 158 Å². The van der Waals surface area contributed by atoms with Crippen LogP contribution in [0.5, 0.6) is 0 Å². The third-order valence-corrected chi connectivity index (χ3v) is 7.43. The second-order valence-corrected chi connectivity index (χ2v) is 10.3. The molecular weight excluding hydrogens is 385 g/mol. The average molecular weight is 412 g/mol. The Bertz CT molecular complexity index is 625. The number of halogens is 3. The van der Waals surface area contributed by atoms with Gasteiger partial charge >= 0.3 is 6.36 Å². The lowest BCUT2D eigenvalue weighted by molar-refractivity contribution is -0.347. The highest BCUT2D eigenvalue weighted by Crippen LogP contribution is 2.44. The Morgan fingerprint density at radius 1 is 0.963 bits per heavy atom. The quantitative estimate of drug-likeness (QED) is 0.662. The van der Waals surface area contributed by atoms with Gasteiger partial charge in [0.1, 0.15) is 5.25 Å². The molecule has 0 amide bonds. The molecule has 0 bridgehead atoms. The van der Waals surface area contributed by atoms with Crippen molar-refractivity contribution < 1.29 is 35.8 Å². The fourth-order valence-electron chi connectivity index (χ4n) is 4.46. The summed E-state index contributed by atoms with van der Waals surface area (Å²) >= 11 is 0. The summed E-state index contributed by atoms with van der Waals surface area (Å²) < 4.78 is 75.3. The van der Waals surface area contributed by atoms with Gasteiger partial charge in [0.2, 0.25) is 0 Å². The van der Waals surface area contributed by atoms with Crippen LogP contribution >= 0.6 is 0 Å². The van der Waals surface area contributed by atoms with Crippen LogP contribution in [0.2, 0.25) is 0 Å². The molecule has 3 aliphatic rings. The van der Waals surface area contributed by atoms with E-state index >= 15 is 0 Å². The minimum atomic E-state index is -4.55. The maximum absolute atomic E-state index is 12.4. The third-order valence-electron chi connectivity index (χ3n) is 5.94. The van der Waals surface area contributed by atoms with E-state index in [1.807, 2.05) is 6.08 Å². The number of allylic oxidation sites excluding steroid dienone is 1. The summed E-state index contributed by atoms with van der Waals surface area (Å²) in [6, 6.07) is 0. The summed E-state index contributed by atoms with van der Waals surface area (Å²) in [5, 5.41) is -0.619. The van der Waals surface area contributed by atoms with Gasteiger partial charge < -0.3 is 9.47 Å². The van der Waals surface area contributed by atoms with Gasteiger partial charge in [-0.15, -0.1) is 13.2 Å². The molecule has 1 heterocycles. The van der Waals surface area contributed by atoms with E-state index in [1.54, 1.807) is 0 Å². The zero-order valence-electron chi connectivity index (χ0n) is 15.4. The van der Waals surface area contributed by atoms with Gasteiger partial charge in [-0.05, 0) is 62.4 Å². The molecule has 0 aromatic rings. The van der Waals surface area contributed by atoms with Gasteiger partial charge in [0.25, 0.3) is 0 Å². The maximum Gasteiger partial charge on any atom is 0.522 e. The third kappa shape index (κ3) is 6.17. The number of rotatable bonds is 4. The van der Waals surface area contributed by atoms with Crippen molar-refractivity contribution in [2.24, 2.45) is 17.8 Å². The van der Waals surface area contributed by atoms with Crippen molar-refractivity contribution in [2.75, 3.05) is 19.5 Å². The lowest BCUT2D eigenvalue weighted by Crippen LogP contribution is -2.39. The molecular formula is C18H27F3O5S. The van der Waals surface area contributed by atoms with E-state index in [0.29, 0.717) is 30.6 Å². The molecule has 27 heavy (non-hydrogen) atoms. The van der Waals surface area contributed by atoms with Crippen LogP contribution in [0, 0.1) is 17.8 Å². The monoisotopic (exact) mass is 412 g/mol. The van der Waals surface area contributed by atoms with E-state index in [0.717, 1.165) is 25.7 Å². The van der Waals surface area contributed by atoms with Gasteiger partial charge in [-0.2, -0.15) is 0 Å². The largest absolute Gasteiger partial charge is 0.522 e. The Balaban J connectivity index is 1.44. The number of sulfone groups is 1. The first-order valence-corrected chi connectivity index (χ1v) is 11.4.